The maximum atomic E-state index is 3.72. The van der Waals surface area contributed by atoms with Gasteiger partial charge < -0.3 is 4.98 Å². The largest absolute Gasteiger partial charge is 0.354 e. The molecule has 0 unspecified atom stereocenters. The Morgan fingerprint density at radius 1 is 0.583 bits per heavy atom. The molecule has 0 aliphatic rings. The Balaban J connectivity index is 2.02. The van der Waals surface area contributed by atoms with E-state index in [9.17, 15) is 0 Å². The van der Waals surface area contributed by atoms with Crippen LogP contribution >= 0.6 is 15.9 Å². The molecule has 6 aromatic rings. The molecule has 0 atom stereocenters. The summed E-state index contributed by atoms with van der Waals surface area (Å²) in [6, 6.07) is 24.2. The van der Waals surface area contributed by atoms with E-state index in [4.69, 9.17) is 0 Å². The van der Waals surface area contributed by atoms with Gasteiger partial charge in [-0.1, -0.05) is 64.5 Å². The van der Waals surface area contributed by atoms with Gasteiger partial charge in [0.05, 0.1) is 0 Å². The SMILES string of the molecule is Brc1ccc2ccc3c4c(cc5ccc1c2c53)[nH]c1ccccc14. The van der Waals surface area contributed by atoms with Gasteiger partial charge >= 0.3 is 0 Å². The molecule has 24 heavy (non-hydrogen) atoms. The smallest absolute Gasteiger partial charge is 0.0477 e. The summed E-state index contributed by atoms with van der Waals surface area (Å²) in [7, 11) is 0. The fourth-order valence-electron chi connectivity index (χ4n) is 4.18. The molecule has 0 aliphatic carbocycles. The molecular formula is C22H12BrN. The number of aromatic nitrogens is 1. The van der Waals surface area contributed by atoms with Crippen molar-refractivity contribution >= 4 is 70.1 Å². The molecule has 0 spiro atoms. The summed E-state index contributed by atoms with van der Waals surface area (Å²) in [5.74, 6) is 0. The van der Waals surface area contributed by atoms with Crippen LogP contribution in [-0.4, -0.2) is 4.98 Å². The Labute approximate surface area is 146 Å². The van der Waals surface area contributed by atoms with E-state index in [1.807, 2.05) is 0 Å². The summed E-state index contributed by atoms with van der Waals surface area (Å²) in [6.07, 6.45) is 0. The normalized spacial score (nSPS) is 12.4. The maximum absolute atomic E-state index is 3.72. The zero-order chi connectivity index (χ0) is 15.8. The van der Waals surface area contributed by atoms with Gasteiger partial charge in [-0.3, -0.25) is 0 Å². The zero-order valence-electron chi connectivity index (χ0n) is 12.7. The molecule has 0 radical (unpaired) electrons. The summed E-state index contributed by atoms with van der Waals surface area (Å²) < 4.78 is 1.16. The highest BCUT2D eigenvalue weighted by Gasteiger charge is 2.14. The van der Waals surface area contributed by atoms with Gasteiger partial charge in [0.15, 0.2) is 0 Å². The van der Waals surface area contributed by atoms with Crippen LogP contribution in [0.25, 0.3) is 54.1 Å². The third-order valence-electron chi connectivity index (χ3n) is 5.20. The van der Waals surface area contributed by atoms with Gasteiger partial charge in [-0.05, 0) is 50.5 Å². The standard InChI is InChI=1S/C22H12BrN/c23-17-10-7-12-5-9-16-21-13(6-8-14(17)20(12)21)11-19-22(16)15-3-1-2-4-18(15)24-19/h1-11,24H. The van der Waals surface area contributed by atoms with Crippen molar-refractivity contribution in [3.8, 4) is 0 Å². The Morgan fingerprint density at radius 2 is 1.33 bits per heavy atom. The summed E-state index contributed by atoms with van der Waals surface area (Å²) in [5, 5.41) is 10.5. The monoisotopic (exact) mass is 369 g/mol. The predicted octanol–water partition coefficient (Wildman–Crippen LogP) is 6.98. The fourth-order valence-corrected chi connectivity index (χ4v) is 4.65. The number of para-hydroxylation sites is 1. The van der Waals surface area contributed by atoms with E-state index in [1.54, 1.807) is 0 Å². The van der Waals surface area contributed by atoms with Gasteiger partial charge in [0.25, 0.3) is 0 Å². The van der Waals surface area contributed by atoms with Crippen LogP contribution in [0.2, 0.25) is 0 Å². The molecule has 112 valence electrons. The Hall–Kier alpha value is -2.58. The second-order valence-corrected chi connectivity index (χ2v) is 7.29. The quantitative estimate of drug-likeness (QED) is 0.278. The molecule has 6 rings (SSSR count). The lowest BCUT2D eigenvalue weighted by atomic mass is 9.92. The molecule has 0 saturated heterocycles. The van der Waals surface area contributed by atoms with Crippen molar-refractivity contribution in [3.63, 3.8) is 0 Å². The number of halogens is 1. The average Bonchev–Trinajstić information content (AvgIpc) is 2.99. The van der Waals surface area contributed by atoms with Crippen molar-refractivity contribution in [3.05, 3.63) is 71.2 Å². The van der Waals surface area contributed by atoms with Crippen molar-refractivity contribution in [1.29, 1.82) is 0 Å². The molecular weight excluding hydrogens is 358 g/mol. The molecule has 2 heteroatoms. The first-order valence-corrected chi connectivity index (χ1v) is 8.87. The van der Waals surface area contributed by atoms with Gasteiger partial charge in [0.1, 0.15) is 0 Å². The summed E-state index contributed by atoms with van der Waals surface area (Å²) in [4.78, 5) is 3.58. The van der Waals surface area contributed by atoms with Gasteiger partial charge in [-0.2, -0.15) is 0 Å². The highest BCUT2D eigenvalue weighted by Crippen LogP contribution is 2.42. The number of aromatic amines is 1. The third kappa shape index (κ3) is 1.45. The van der Waals surface area contributed by atoms with E-state index in [1.165, 1.54) is 54.1 Å². The number of H-pyrrole nitrogens is 1. The van der Waals surface area contributed by atoms with Crippen molar-refractivity contribution < 1.29 is 0 Å². The number of nitrogens with one attached hydrogen (secondary N) is 1. The van der Waals surface area contributed by atoms with Gasteiger partial charge in [-0.15, -0.1) is 0 Å². The summed E-state index contributed by atoms with van der Waals surface area (Å²) >= 11 is 3.72. The minimum atomic E-state index is 1.16. The lowest BCUT2D eigenvalue weighted by Gasteiger charge is -2.12. The van der Waals surface area contributed by atoms with E-state index >= 15 is 0 Å². The first-order valence-electron chi connectivity index (χ1n) is 8.08. The number of rotatable bonds is 0. The molecule has 1 heterocycles. The van der Waals surface area contributed by atoms with Crippen LogP contribution in [-0.2, 0) is 0 Å². The van der Waals surface area contributed by atoms with Crippen LogP contribution in [0, 0.1) is 0 Å². The number of benzene rings is 5. The van der Waals surface area contributed by atoms with Crippen LogP contribution < -0.4 is 0 Å². The number of hydrogen-bond donors (Lipinski definition) is 1. The van der Waals surface area contributed by atoms with Crippen molar-refractivity contribution in [2.45, 2.75) is 0 Å². The summed E-state index contributed by atoms with van der Waals surface area (Å²) in [5.41, 5.74) is 2.41. The topological polar surface area (TPSA) is 15.8 Å². The molecule has 0 amide bonds. The minimum Gasteiger partial charge on any atom is -0.354 e. The molecule has 0 saturated carbocycles. The van der Waals surface area contributed by atoms with E-state index in [0.29, 0.717) is 0 Å². The Kier molecular flexibility index (Phi) is 2.28. The van der Waals surface area contributed by atoms with Crippen molar-refractivity contribution in [2.75, 3.05) is 0 Å². The zero-order valence-corrected chi connectivity index (χ0v) is 14.3. The minimum absolute atomic E-state index is 1.16. The van der Waals surface area contributed by atoms with E-state index in [2.05, 4.69) is 87.6 Å². The molecule has 1 aromatic heterocycles. The van der Waals surface area contributed by atoms with Crippen LogP contribution in [0.4, 0.5) is 0 Å². The maximum Gasteiger partial charge on any atom is 0.0477 e. The van der Waals surface area contributed by atoms with Crippen LogP contribution in [0.1, 0.15) is 0 Å². The lowest BCUT2D eigenvalue weighted by molar-refractivity contribution is 1.56. The fraction of sp³-hybridized carbons (Fsp3) is 0. The second-order valence-electron chi connectivity index (χ2n) is 6.44. The second kappa shape index (κ2) is 4.28. The average molecular weight is 370 g/mol. The number of hydrogen-bond acceptors (Lipinski definition) is 0. The van der Waals surface area contributed by atoms with Crippen molar-refractivity contribution in [2.24, 2.45) is 0 Å². The van der Waals surface area contributed by atoms with E-state index < -0.39 is 0 Å². The first-order chi connectivity index (χ1) is 11.8. The lowest BCUT2D eigenvalue weighted by Crippen LogP contribution is -1.85. The number of fused-ring (bicyclic) bond motifs is 4. The molecule has 1 N–H and O–H groups in total. The highest BCUT2D eigenvalue weighted by molar-refractivity contribution is 9.10. The van der Waals surface area contributed by atoms with Crippen LogP contribution in [0.3, 0.4) is 0 Å². The van der Waals surface area contributed by atoms with Crippen LogP contribution in [0.5, 0.6) is 0 Å². The van der Waals surface area contributed by atoms with E-state index in [-0.39, 0.29) is 0 Å². The molecule has 0 fully saturated rings. The van der Waals surface area contributed by atoms with Gasteiger partial charge in [0.2, 0.25) is 0 Å². The molecule has 0 bridgehead atoms. The van der Waals surface area contributed by atoms with Crippen molar-refractivity contribution in [1.82, 2.24) is 4.98 Å². The third-order valence-corrected chi connectivity index (χ3v) is 5.89. The summed E-state index contributed by atoms with van der Waals surface area (Å²) in [6.45, 7) is 0. The predicted molar refractivity (Wildman–Crippen MR) is 107 cm³/mol. The van der Waals surface area contributed by atoms with Crippen LogP contribution in [0.15, 0.2) is 71.2 Å². The van der Waals surface area contributed by atoms with E-state index in [0.717, 1.165) is 4.47 Å². The molecule has 1 nitrogen and oxygen atoms in total. The van der Waals surface area contributed by atoms with Gasteiger partial charge in [-0.25, -0.2) is 0 Å². The molecule has 5 aromatic carbocycles. The Bertz CT molecular complexity index is 1410. The Morgan fingerprint density at radius 3 is 2.29 bits per heavy atom. The highest BCUT2D eigenvalue weighted by atomic mass is 79.9. The first kappa shape index (κ1) is 12.8. The van der Waals surface area contributed by atoms with Gasteiger partial charge in [0, 0.05) is 26.3 Å². The molecule has 0 aliphatic heterocycles.